The standard InChI is InChI=1S/C25H31N7O2Si/c1-5-22(33)31-16-25(17-31,7-8-26)32-15-20(14-29-32)23-19(12-27)13-28-24-21(23)6-9-30(24)18-34-10-11-35(2,3)4/h6,9,13-15H,5,7,10-11,16-18H2,1-4H3. The van der Waals surface area contributed by atoms with Gasteiger partial charge in [0.05, 0.1) is 24.3 Å². The van der Waals surface area contributed by atoms with Gasteiger partial charge in [0.1, 0.15) is 24.0 Å². The molecule has 0 aliphatic carbocycles. The largest absolute Gasteiger partial charge is 0.361 e. The van der Waals surface area contributed by atoms with E-state index in [1.807, 2.05) is 30.0 Å². The zero-order valence-electron chi connectivity index (χ0n) is 20.8. The van der Waals surface area contributed by atoms with Crippen LogP contribution in [0, 0.1) is 22.7 Å². The second-order valence-electron chi connectivity index (χ2n) is 10.4. The number of aromatic nitrogens is 4. The van der Waals surface area contributed by atoms with Crippen molar-refractivity contribution in [2.24, 2.45) is 0 Å². The van der Waals surface area contributed by atoms with Crippen molar-refractivity contribution in [1.29, 1.82) is 10.5 Å². The number of nitrogens with zero attached hydrogens (tertiary/aromatic N) is 7. The van der Waals surface area contributed by atoms with Crippen molar-refractivity contribution in [3.05, 3.63) is 36.4 Å². The van der Waals surface area contributed by atoms with Gasteiger partial charge in [-0.3, -0.25) is 9.48 Å². The summed E-state index contributed by atoms with van der Waals surface area (Å²) in [5.41, 5.74) is 2.20. The van der Waals surface area contributed by atoms with Crippen molar-refractivity contribution in [1.82, 2.24) is 24.2 Å². The molecule has 0 spiro atoms. The number of carbonyl (C=O) groups is 1. The van der Waals surface area contributed by atoms with Crippen molar-refractivity contribution in [2.45, 2.75) is 57.7 Å². The van der Waals surface area contributed by atoms with Gasteiger partial charge in [0.15, 0.2) is 0 Å². The van der Waals surface area contributed by atoms with E-state index in [2.05, 4.69) is 41.9 Å². The third-order valence-electron chi connectivity index (χ3n) is 6.53. The Morgan fingerprint density at radius 2 is 2.03 bits per heavy atom. The van der Waals surface area contributed by atoms with Crippen LogP contribution in [-0.2, 0) is 21.8 Å². The molecule has 0 radical (unpaired) electrons. The number of carbonyl (C=O) groups excluding carboxylic acids is 1. The molecule has 10 heteroatoms. The van der Waals surface area contributed by atoms with Crippen molar-refractivity contribution < 1.29 is 9.53 Å². The first-order valence-electron chi connectivity index (χ1n) is 11.9. The molecule has 1 amide bonds. The zero-order chi connectivity index (χ0) is 25.2. The fourth-order valence-corrected chi connectivity index (χ4v) is 5.20. The molecule has 1 saturated heterocycles. The summed E-state index contributed by atoms with van der Waals surface area (Å²) in [6, 6.07) is 7.55. The Bertz CT molecular complexity index is 1320. The zero-order valence-corrected chi connectivity index (χ0v) is 21.8. The van der Waals surface area contributed by atoms with Crippen LogP contribution in [0.25, 0.3) is 22.2 Å². The normalized spacial score (nSPS) is 15.0. The number of nitriles is 2. The number of rotatable bonds is 9. The second kappa shape index (κ2) is 9.65. The lowest BCUT2D eigenvalue weighted by Gasteiger charge is -2.49. The summed E-state index contributed by atoms with van der Waals surface area (Å²) in [6.07, 6.45) is 7.81. The molecule has 0 atom stereocenters. The van der Waals surface area contributed by atoms with Crippen LogP contribution in [0.2, 0.25) is 25.7 Å². The van der Waals surface area contributed by atoms with Crippen molar-refractivity contribution in [3.8, 4) is 23.3 Å². The molecule has 0 unspecified atom stereocenters. The van der Waals surface area contributed by atoms with E-state index in [-0.39, 0.29) is 12.3 Å². The number of amides is 1. The highest BCUT2D eigenvalue weighted by Gasteiger charge is 2.47. The first kappa shape index (κ1) is 24.6. The maximum atomic E-state index is 12.1. The van der Waals surface area contributed by atoms with E-state index in [9.17, 15) is 15.3 Å². The first-order chi connectivity index (χ1) is 16.7. The summed E-state index contributed by atoms with van der Waals surface area (Å²) >= 11 is 0. The summed E-state index contributed by atoms with van der Waals surface area (Å²) in [5, 5.41) is 24.6. The molecule has 1 aliphatic heterocycles. The van der Waals surface area contributed by atoms with Gasteiger partial charge in [-0.05, 0) is 12.1 Å². The summed E-state index contributed by atoms with van der Waals surface area (Å²) in [6.45, 7) is 10.8. The number of fused-ring (bicyclic) bond motifs is 1. The minimum absolute atomic E-state index is 0.0713. The van der Waals surface area contributed by atoms with Gasteiger partial charge in [-0.25, -0.2) is 4.98 Å². The molecule has 1 aliphatic rings. The Kier molecular flexibility index (Phi) is 6.79. The number of hydrogen-bond donors (Lipinski definition) is 0. The summed E-state index contributed by atoms with van der Waals surface area (Å²) in [5.74, 6) is 0.0713. The van der Waals surface area contributed by atoms with Gasteiger partial charge in [-0.15, -0.1) is 0 Å². The van der Waals surface area contributed by atoms with E-state index < -0.39 is 13.6 Å². The van der Waals surface area contributed by atoms with E-state index in [0.717, 1.165) is 28.2 Å². The molecule has 4 rings (SSSR count). The van der Waals surface area contributed by atoms with E-state index in [4.69, 9.17) is 4.74 Å². The highest BCUT2D eigenvalue weighted by atomic mass is 28.3. The average molecular weight is 490 g/mol. The molecular formula is C25H31N7O2Si. The molecule has 9 nitrogen and oxygen atoms in total. The third-order valence-corrected chi connectivity index (χ3v) is 8.23. The van der Waals surface area contributed by atoms with Crippen molar-refractivity contribution in [3.63, 3.8) is 0 Å². The number of pyridine rings is 1. The molecule has 35 heavy (non-hydrogen) atoms. The van der Waals surface area contributed by atoms with Crippen LogP contribution in [0.4, 0.5) is 0 Å². The van der Waals surface area contributed by atoms with Gasteiger partial charge in [0.25, 0.3) is 0 Å². The second-order valence-corrected chi connectivity index (χ2v) is 16.0. The minimum Gasteiger partial charge on any atom is -0.361 e. The predicted molar refractivity (Wildman–Crippen MR) is 135 cm³/mol. The predicted octanol–water partition coefficient (Wildman–Crippen LogP) is 3.94. The third kappa shape index (κ3) is 4.86. The van der Waals surface area contributed by atoms with Gasteiger partial charge in [0.2, 0.25) is 5.91 Å². The van der Waals surface area contributed by atoms with Gasteiger partial charge >= 0.3 is 0 Å². The van der Waals surface area contributed by atoms with Crippen LogP contribution in [0.3, 0.4) is 0 Å². The highest BCUT2D eigenvalue weighted by Crippen LogP contribution is 2.36. The Labute approximate surface area is 206 Å². The SMILES string of the molecule is CCC(=O)N1CC(CC#N)(n2cc(-c3c(C#N)cnc4c3ccn4COCC[Si](C)(C)C)cn2)C1. The van der Waals surface area contributed by atoms with Gasteiger partial charge in [0, 0.05) is 69.3 Å². The Morgan fingerprint density at radius 3 is 2.69 bits per heavy atom. The monoisotopic (exact) mass is 489 g/mol. The lowest BCUT2D eigenvalue weighted by Crippen LogP contribution is -2.64. The molecule has 1 fully saturated rings. The minimum atomic E-state index is -1.17. The Morgan fingerprint density at radius 1 is 1.26 bits per heavy atom. The van der Waals surface area contributed by atoms with Crippen LogP contribution in [0.15, 0.2) is 30.9 Å². The van der Waals surface area contributed by atoms with Crippen LogP contribution < -0.4 is 0 Å². The Balaban J connectivity index is 1.63. The number of likely N-dealkylation sites (tertiary alicyclic amines) is 1. The Hall–Kier alpha value is -3.47. The van der Waals surface area contributed by atoms with E-state index in [1.165, 1.54) is 0 Å². The molecule has 3 aromatic rings. The molecule has 182 valence electrons. The van der Waals surface area contributed by atoms with Crippen LogP contribution >= 0.6 is 0 Å². The number of hydrogen-bond acceptors (Lipinski definition) is 6. The molecule has 0 aromatic carbocycles. The number of ether oxygens (including phenoxy) is 1. The van der Waals surface area contributed by atoms with Crippen LogP contribution in [0.1, 0.15) is 25.3 Å². The summed E-state index contributed by atoms with van der Waals surface area (Å²) in [7, 11) is -1.17. The van der Waals surface area contributed by atoms with E-state index >= 15 is 0 Å². The molecule has 0 N–H and O–H groups in total. The molecule has 3 aromatic heterocycles. The fraction of sp³-hybridized carbons (Fsp3) is 0.480. The first-order valence-corrected chi connectivity index (χ1v) is 15.6. The quantitative estimate of drug-likeness (QED) is 0.332. The smallest absolute Gasteiger partial charge is 0.222 e. The summed E-state index contributed by atoms with van der Waals surface area (Å²) in [4.78, 5) is 18.4. The van der Waals surface area contributed by atoms with Gasteiger partial charge < -0.3 is 14.2 Å². The van der Waals surface area contributed by atoms with Crippen molar-refractivity contribution in [2.75, 3.05) is 19.7 Å². The molecule has 0 bridgehead atoms. The topological polar surface area (TPSA) is 113 Å². The fourth-order valence-electron chi connectivity index (χ4n) is 4.44. The van der Waals surface area contributed by atoms with E-state index in [0.29, 0.717) is 38.4 Å². The van der Waals surface area contributed by atoms with Gasteiger partial charge in [-0.1, -0.05) is 26.6 Å². The average Bonchev–Trinajstić information content (AvgIpc) is 3.44. The highest BCUT2D eigenvalue weighted by molar-refractivity contribution is 6.76. The molecular weight excluding hydrogens is 458 g/mol. The maximum Gasteiger partial charge on any atom is 0.222 e. The maximum absolute atomic E-state index is 12.1. The van der Waals surface area contributed by atoms with Crippen molar-refractivity contribution >= 4 is 25.0 Å². The van der Waals surface area contributed by atoms with E-state index in [1.54, 1.807) is 22.0 Å². The van der Waals surface area contributed by atoms with Crippen LogP contribution in [0.5, 0.6) is 0 Å². The molecule has 0 saturated carbocycles. The summed E-state index contributed by atoms with van der Waals surface area (Å²) < 4.78 is 9.65. The van der Waals surface area contributed by atoms with Crippen LogP contribution in [-0.4, -0.2) is 57.9 Å². The van der Waals surface area contributed by atoms with Gasteiger partial charge in [-0.2, -0.15) is 15.6 Å². The molecule has 4 heterocycles. The lowest BCUT2D eigenvalue weighted by molar-refractivity contribution is -0.142. The lowest BCUT2D eigenvalue weighted by atomic mass is 9.86.